The number of halogens is 1. The molecular formula is C16H12ClNO6. The lowest BCUT2D eigenvalue weighted by Gasteiger charge is -2.10. The molecule has 0 spiro atoms. The monoisotopic (exact) mass is 349 g/mol. The summed E-state index contributed by atoms with van der Waals surface area (Å²) < 4.78 is 9.76. The van der Waals surface area contributed by atoms with Crippen molar-refractivity contribution in [2.45, 2.75) is 0 Å². The van der Waals surface area contributed by atoms with Crippen molar-refractivity contribution in [1.29, 1.82) is 0 Å². The minimum Gasteiger partial charge on any atom is -0.496 e. The lowest BCUT2D eigenvalue weighted by atomic mass is 10.00. The Bertz CT molecular complexity index is 833. The number of carbonyl (C=O) groups is 2. The SMILES string of the molecule is COC(=O)c1ccc(OC)c(C(=O)c2ccc([N+](=O)[O-])cc2Cl)c1. The molecule has 7 nitrogen and oxygen atoms in total. The summed E-state index contributed by atoms with van der Waals surface area (Å²) in [5, 5.41) is 10.7. The van der Waals surface area contributed by atoms with Crippen LogP contribution in [0.4, 0.5) is 5.69 Å². The highest BCUT2D eigenvalue weighted by molar-refractivity contribution is 6.35. The third-order valence-electron chi connectivity index (χ3n) is 3.27. The van der Waals surface area contributed by atoms with Crippen LogP contribution in [-0.2, 0) is 4.74 Å². The quantitative estimate of drug-likeness (QED) is 0.356. The van der Waals surface area contributed by atoms with Gasteiger partial charge in [-0.15, -0.1) is 0 Å². The summed E-state index contributed by atoms with van der Waals surface area (Å²) >= 11 is 5.99. The maximum absolute atomic E-state index is 12.7. The van der Waals surface area contributed by atoms with Gasteiger partial charge in [-0.1, -0.05) is 11.6 Å². The molecule has 0 radical (unpaired) electrons. The molecule has 0 saturated heterocycles. The Kier molecular flexibility index (Phi) is 5.15. The lowest BCUT2D eigenvalue weighted by molar-refractivity contribution is -0.384. The van der Waals surface area contributed by atoms with Gasteiger partial charge >= 0.3 is 5.97 Å². The zero-order valence-corrected chi connectivity index (χ0v) is 13.5. The van der Waals surface area contributed by atoms with Crippen molar-refractivity contribution in [3.8, 4) is 5.75 Å². The van der Waals surface area contributed by atoms with Gasteiger partial charge in [-0.3, -0.25) is 14.9 Å². The summed E-state index contributed by atoms with van der Waals surface area (Å²) in [5.74, 6) is -0.902. The first kappa shape index (κ1) is 17.4. The number of hydrogen-bond acceptors (Lipinski definition) is 6. The van der Waals surface area contributed by atoms with Crippen molar-refractivity contribution in [2.75, 3.05) is 14.2 Å². The van der Waals surface area contributed by atoms with E-state index in [0.29, 0.717) is 0 Å². The molecule has 0 atom stereocenters. The highest BCUT2D eigenvalue weighted by atomic mass is 35.5. The molecule has 0 aliphatic rings. The van der Waals surface area contributed by atoms with Crippen LogP contribution in [0.3, 0.4) is 0 Å². The largest absolute Gasteiger partial charge is 0.496 e. The number of nitrogens with zero attached hydrogens (tertiary/aromatic N) is 1. The number of hydrogen-bond donors (Lipinski definition) is 0. The summed E-state index contributed by atoms with van der Waals surface area (Å²) in [6, 6.07) is 7.76. The van der Waals surface area contributed by atoms with E-state index in [9.17, 15) is 19.7 Å². The summed E-state index contributed by atoms with van der Waals surface area (Å²) in [4.78, 5) is 34.5. The van der Waals surface area contributed by atoms with E-state index in [4.69, 9.17) is 16.3 Å². The van der Waals surface area contributed by atoms with Gasteiger partial charge in [0.05, 0.1) is 35.3 Å². The first-order valence-corrected chi connectivity index (χ1v) is 7.01. The van der Waals surface area contributed by atoms with Gasteiger partial charge in [-0.2, -0.15) is 0 Å². The first-order valence-electron chi connectivity index (χ1n) is 6.64. The maximum atomic E-state index is 12.7. The molecule has 0 heterocycles. The topological polar surface area (TPSA) is 95.7 Å². The van der Waals surface area contributed by atoms with Crippen molar-refractivity contribution >= 4 is 29.0 Å². The van der Waals surface area contributed by atoms with Crippen molar-refractivity contribution in [3.63, 3.8) is 0 Å². The molecule has 0 N–H and O–H groups in total. The van der Waals surface area contributed by atoms with E-state index in [1.54, 1.807) is 0 Å². The summed E-state index contributed by atoms with van der Waals surface area (Å²) in [6.07, 6.45) is 0. The Labute approximate surface area is 141 Å². The van der Waals surface area contributed by atoms with Crippen LogP contribution in [0.2, 0.25) is 5.02 Å². The number of nitro groups is 1. The molecule has 2 aromatic carbocycles. The van der Waals surface area contributed by atoms with Gasteiger partial charge < -0.3 is 9.47 Å². The van der Waals surface area contributed by atoms with Gasteiger partial charge in [-0.05, 0) is 24.3 Å². The van der Waals surface area contributed by atoms with Crippen molar-refractivity contribution < 1.29 is 24.0 Å². The second kappa shape index (κ2) is 7.10. The minimum atomic E-state index is -0.613. The maximum Gasteiger partial charge on any atom is 0.337 e. The molecule has 0 unspecified atom stereocenters. The van der Waals surface area contributed by atoms with Gasteiger partial charge in [0.2, 0.25) is 0 Å². The van der Waals surface area contributed by atoms with Gasteiger partial charge in [0.25, 0.3) is 5.69 Å². The van der Waals surface area contributed by atoms with Crippen LogP contribution in [0, 0.1) is 10.1 Å². The normalized spacial score (nSPS) is 10.1. The second-order valence-corrected chi connectivity index (χ2v) is 5.06. The number of ketones is 1. The van der Waals surface area contributed by atoms with Crippen molar-refractivity contribution in [2.24, 2.45) is 0 Å². The Morgan fingerprint density at radius 1 is 1.08 bits per heavy atom. The molecule has 0 aliphatic carbocycles. The number of esters is 1. The van der Waals surface area contributed by atoms with Crippen LogP contribution in [0.5, 0.6) is 5.75 Å². The number of ether oxygens (including phenoxy) is 2. The average molecular weight is 350 g/mol. The zero-order valence-electron chi connectivity index (χ0n) is 12.7. The number of non-ortho nitro benzene ring substituents is 1. The molecule has 0 saturated carbocycles. The molecule has 0 aromatic heterocycles. The third kappa shape index (κ3) is 3.36. The Balaban J connectivity index is 2.52. The molecule has 2 rings (SSSR count). The average Bonchev–Trinajstić information content (AvgIpc) is 2.59. The molecule has 24 heavy (non-hydrogen) atoms. The summed E-state index contributed by atoms with van der Waals surface area (Å²) in [6.45, 7) is 0. The predicted molar refractivity (Wildman–Crippen MR) is 85.9 cm³/mol. The fourth-order valence-electron chi connectivity index (χ4n) is 2.08. The standard InChI is InChI=1S/C16H12ClNO6/c1-23-14-6-3-9(16(20)24-2)7-12(14)15(19)11-5-4-10(18(21)22)8-13(11)17/h3-8H,1-2H3. The molecule has 2 aromatic rings. The van der Waals surface area contributed by atoms with E-state index >= 15 is 0 Å². The van der Waals surface area contributed by atoms with E-state index in [1.807, 2.05) is 0 Å². The molecule has 0 fully saturated rings. The number of benzene rings is 2. The highest BCUT2D eigenvalue weighted by Crippen LogP contribution is 2.28. The predicted octanol–water partition coefficient (Wildman–Crippen LogP) is 3.27. The summed E-state index contributed by atoms with van der Waals surface area (Å²) in [7, 11) is 2.60. The fraction of sp³-hybridized carbons (Fsp3) is 0.125. The van der Waals surface area contributed by atoms with Crippen LogP contribution in [0.25, 0.3) is 0 Å². The molecule has 0 amide bonds. The van der Waals surface area contributed by atoms with E-state index in [0.717, 1.165) is 6.07 Å². The summed E-state index contributed by atoms with van der Waals surface area (Å²) in [5.41, 5.74) is 0.0882. The van der Waals surface area contributed by atoms with Gasteiger partial charge in [0.1, 0.15) is 5.75 Å². The lowest BCUT2D eigenvalue weighted by Crippen LogP contribution is -2.08. The number of nitro benzene ring substituents is 1. The van der Waals surface area contributed by atoms with E-state index in [2.05, 4.69) is 4.74 Å². The highest BCUT2D eigenvalue weighted by Gasteiger charge is 2.21. The molecule has 124 valence electrons. The number of methoxy groups -OCH3 is 2. The Morgan fingerprint density at radius 2 is 1.79 bits per heavy atom. The van der Waals surface area contributed by atoms with Crippen LogP contribution in [-0.4, -0.2) is 30.9 Å². The van der Waals surface area contributed by atoms with E-state index < -0.39 is 16.7 Å². The van der Waals surface area contributed by atoms with Crippen LogP contribution in [0.1, 0.15) is 26.3 Å². The number of rotatable bonds is 5. The van der Waals surface area contributed by atoms with Gasteiger partial charge in [0, 0.05) is 17.7 Å². The smallest absolute Gasteiger partial charge is 0.337 e. The zero-order chi connectivity index (χ0) is 17.9. The first-order chi connectivity index (χ1) is 11.4. The van der Waals surface area contributed by atoms with E-state index in [-0.39, 0.29) is 33.1 Å². The van der Waals surface area contributed by atoms with Crippen LogP contribution < -0.4 is 4.74 Å². The third-order valence-corrected chi connectivity index (χ3v) is 3.59. The van der Waals surface area contributed by atoms with E-state index in [1.165, 1.54) is 44.6 Å². The molecule has 0 aliphatic heterocycles. The van der Waals surface area contributed by atoms with Gasteiger partial charge in [-0.25, -0.2) is 4.79 Å². The minimum absolute atomic E-state index is 0.0579. The van der Waals surface area contributed by atoms with Gasteiger partial charge in [0.15, 0.2) is 5.78 Å². The Morgan fingerprint density at radius 3 is 2.33 bits per heavy atom. The van der Waals surface area contributed by atoms with Crippen molar-refractivity contribution in [3.05, 3.63) is 68.2 Å². The fourth-order valence-corrected chi connectivity index (χ4v) is 2.34. The molecule has 8 heteroatoms. The van der Waals surface area contributed by atoms with Crippen LogP contribution in [0.15, 0.2) is 36.4 Å². The molecule has 0 bridgehead atoms. The van der Waals surface area contributed by atoms with Crippen LogP contribution >= 0.6 is 11.6 Å². The Hall–Kier alpha value is -2.93. The molecular weight excluding hydrogens is 338 g/mol. The number of carbonyl (C=O) groups excluding carboxylic acids is 2. The second-order valence-electron chi connectivity index (χ2n) is 4.66. The van der Waals surface area contributed by atoms with Crippen molar-refractivity contribution in [1.82, 2.24) is 0 Å².